The van der Waals surface area contributed by atoms with Crippen molar-refractivity contribution < 1.29 is 14.3 Å². The summed E-state index contributed by atoms with van der Waals surface area (Å²) in [5.74, 6) is 0.735. The van der Waals surface area contributed by atoms with Gasteiger partial charge in [-0.15, -0.1) is 0 Å². The van der Waals surface area contributed by atoms with Crippen LogP contribution in [0.5, 0.6) is 5.75 Å². The fourth-order valence-electron chi connectivity index (χ4n) is 4.92. The summed E-state index contributed by atoms with van der Waals surface area (Å²) in [5, 5.41) is 6.61. The van der Waals surface area contributed by atoms with E-state index < -0.39 is 5.54 Å². The molecule has 3 aliphatic rings. The predicted octanol–water partition coefficient (Wildman–Crippen LogP) is 2.03. The number of hydrogen-bond donors (Lipinski definition) is 2. The van der Waals surface area contributed by atoms with E-state index in [9.17, 15) is 4.79 Å². The Morgan fingerprint density at radius 3 is 2.58 bits per heavy atom. The molecule has 128 valence electrons. The maximum atomic E-state index is 13.1. The van der Waals surface area contributed by atoms with Gasteiger partial charge in [0.05, 0.1) is 13.2 Å². The van der Waals surface area contributed by atoms with E-state index in [-0.39, 0.29) is 17.4 Å². The summed E-state index contributed by atoms with van der Waals surface area (Å²) in [6.07, 6.45) is 4.96. The molecule has 2 spiro atoms. The van der Waals surface area contributed by atoms with E-state index in [0.29, 0.717) is 5.11 Å². The zero-order chi connectivity index (χ0) is 16.9. The minimum absolute atomic E-state index is 0.0321. The van der Waals surface area contributed by atoms with E-state index in [1.807, 2.05) is 12.1 Å². The van der Waals surface area contributed by atoms with Gasteiger partial charge in [0, 0.05) is 12.5 Å². The first-order chi connectivity index (χ1) is 11.5. The number of fused-ring (bicyclic) bond motifs is 3. The minimum atomic E-state index is -0.785. The van der Waals surface area contributed by atoms with Crippen LogP contribution in [0.3, 0.4) is 0 Å². The molecule has 2 fully saturated rings. The van der Waals surface area contributed by atoms with Crippen LogP contribution >= 0.6 is 12.2 Å². The van der Waals surface area contributed by atoms with Crippen molar-refractivity contribution in [2.24, 2.45) is 5.41 Å². The zero-order valence-electron chi connectivity index (χ0n) is 14.0. The first-order valence-electron chi connectivity index (χ1n) is 8.38. The predicted molar refractivity (Wildman–Crippen MR) is 94.0 cm³/mol. The van der Waals surface area contributed by atoms with Crippen LogP contribution in [0, 0.1) is 5.41 Å². The number of benzene rings is 1. The number of amides is 1. The lowest BCUT2D eigenvalue weighted by Crippen LogP contribution is -2.56. The van der Waals surface area contributed by atoms with Crippen LogP contribution in [-0.4, -0.2) is 31.3 Å². The Kier molecular flexibility index (Phi) is 3.58. The molecule has 1 heterocycles. The lowest BCUT2D eigenvalue weighted by molar-refractivity contribution is -0.131. The highest BCUT2D eigenvalue weighted by Gasteiger charge is 2.65. The Bertz CT molecular complexity index is 712. The Morgan fingerprint density at radius 1 is 1.25 bits per heavy atom. The monoisotopic (exact) mass is 346 g/mol. The van der Waals surface area contributed by atoms with Crippen LogP contribution in [0.4, 0.5) is 0 Å². The molecular weight excluding hydrogens is 324 g/mol. The molecular formula is C18H22N2O3S. The summed E-state index contributed by atoms with van der Waals surface area (Å²) in [6, 6.07) is 6.05. The highest BCUT2D eigenvalue weighted by Crippen LogP contribution is 2.59. The third kappa shape index (κ3) is 1.96. The number of carbonyl (C=O) groups is 1. The van der Waals surface area contributed by atoms with Crippen LogP contribution in [0.1, 0.15) is 36.8 Å². The number of rotatable bonds is 2. The molecule has 1 saturated heterocycles. The van der Waals surface area contributed by atoms with Crippen molar-refractivity contribution in [2.45, 2.75) is 43.7 Å². The summed E-state index contributed by atoms with van der Waals surface area (Å²) in [4.78, 5) is 13.1. The van der Waals surface area contributed by atoms with Crippen LogP contribution in [0.25, 0.3) is 0 Å². The van der Waals surface area contributed by atoms with Gasteiger partial charge in [0.25, 0.3) is 5.91 Å². The van der Waals surface area contributed by atoms with E-state index in [2.05, 4.69) is 16.7 Å². The highest BCUT2D eigenvalue weighted by atomic mass is 32.1. The van der Waals surface area contributed by atoms with Gasteiger partial charge in [-0.1, -0.05) is 6.07 Å². The van der Waals surface area contributed by atoms with Crippen molar-refractivity contribution >= 4 is 23.2 Å². The van der Waals surface area contributed by atoms with Crippen LogP contribution in [0.2, 0.25) is 0 Å². The molecule has 1 amide bonds. The molecule has 1 aromatic carbocycles. The van der Waals surface area contributed by atoms with Gasteiger partial charge in [0.2, 0.25) is 0 Å². The molecule has 0 bridgehead atoms. The summed E-state index contributed by atoms with van der Waals surface area (Å²) in [5.41, 5.74) is 1.27. The van der Waals surface area contributed by atoms with E-state index in [1.165, 1.54) is 5.56 Å². The second kappa shape index (κ2) is 5.43. The van der Waals surface area contributed by atoms with Crippen molar-refractivity contribution in [2.75, 3.05) is 14.2 Å². The fourth-order valence-corrected chi connectivity index (χ4v) is 5.16. The standard InChI is InChI=1S/C18H22N2O3S/c1-22-12-5-7-17(8-6-12)10-11-3-4-13(23-2)9-14(11)18(17)15(21)19-16(24)20-18/h3-4,9,12H,5-8,10H2,1-2H3,(H2,19,20,21,24). The van der Waals surface area contributed by atoms with Gasteiger partial charge >= 0.3 is 0 Å². The van der Waals surface area contributed by atoms with E-state index >= 15 is 0 Å². The quantitative estimate of drug-likeness (QED) is 0.803. The molecule has 1 atom stereocenters. The zero-order valence-corrected chi connectivity index (χ0v) is 14.8. The molecule has 24 heavy (non-hydrogen) atoms. The molecule has 1 aromatic rings. The van der Waals surface area contributed by atoms with Gasteiger partial charge in [-0.05, 0) is 67.6 Å². The largest absolute Gasteiger partial charge is 0.497 e. The van der Waals surface area contributed by atoms with Crippen molar-refractivity contribution in [1.29, 1.82) is 0 Å². The fraction of sp³-hybridized carbons (Fsp3) is 0.556. The minimum Gasteiger partial charge on any atom is -0.497 e. The van der Waals surface area contributed by atoms with Crippen molar-refractivity contribution in [1.82, 2.24) is 10.6 Å². The average Bonchev–Trinajstić information content (AvgIpc) is 3.04. The number of nitrogens with one attached hydrogen (secondary N) is 2. The van der Waals surface area contributed by atoms with Gasteiger partial charge in [-0.25, -0.2) is 0 Å². The molecule has 6 heteroatoms. The second-order valence-electron chi connectivity index (χ2n) is 7.07. The van der Waals surface area contributed by atoms with Crippen LogP contribution in [0.15, 0.2) is 18.2 Å². The van der Waals surface area contributed by atoms with Crippen molar-refractivity contribution in [3.63, 3.8) is 0 Å². The Labute approximate surface area is 147 Å². The molecule has 2 N–H and O–H groups in total. The van der Waals surface area contributed by atoms with Crippen molar-refractivity contribution in [3.05, 3.63) is 29.3 Å². The SMILES string of the molecule is COc1ccc2c(c1)C1(NC(=S)NC1=O)C1(CCC(OC)CC1)C2. The van der Waals surface area contributed by atoms with E-state index in [4.69, 9.17) is 21.7 Å². The molecule has 1 saturated carbocycles. The number of hydrogen-bond acceptors (Lipinski definition) is 4. The average molecular weight is 346 g/mol. The number of ether oxygens (including phenoxy) is 2. The molecule has 1 unspecified atom stereocenters. The lowest BCUT2D eigenvalue weighted by Gasteiger charge is -2.46. The van der Waals surface area contributed by atoms with E-state index in [1.54, 1.807) is 14.2 Å². The highest BCUT2D eigenvalue weighted by molar-refractivity contribution is 7.80. The first kappa shape index (κ1) is 15.8. The summed E-state index contributed by atoms with van der Waals surface area (Å²) >= 11 is 5.30. The number of thiocarbonyl (C=S) groups is 1. The molecule has 1 aliphatic heterocycles. The molecule has 5 nitrogen and oxygen atoms in total. The lowest BCUT2D eigenvalue weighted by atomic mass is 9.61. The maximum Gasteiger partial charge on any atom is 0.257 e. The van der Waals surface area contributed by atoms with Gasteiger partial charge in [0.15, 0.2) is 10.7 Å². The van der Waals surface area contributed by atoms with Gasteiger partial charge in [0.1, 0.15) is 5.75 Å². The maximum absolute atomic E-state index is 13.1. The second-order valence-corrected chi connectivity index (χ2v) is 7.48. The Morgan fingerprint density at radius 2 is 2.00 bits per heavy atom. The Balaban J connectivity index is 1.84. The molecule has 0 radical (unpaired) electrons. The molecule has 4 rings (SSSR count). The van der Waals surface area contributed by atoms with E-state index in [0.717, 1.165) is 43.4 Å². The smallest absolute Gasteiger partial charge is 0.257 e. The number of carbonyl (C=O) groups excluding carboxylic acids is 1. The van der Waals surface area contributed by atoms with Crippen LogP contribution in [-0.2, 0) is 21.5 Å². The summed E-state index contributed by atoms with van der Waals surface area (Å²) in [6.45, 7) is 0. The van der Waals surface area contributed by atoms with Crippen molar-refractivity contribution in [3.8, 4) is 5.75 Å². The summed E-state index contributed by atoms with van der Waals surface area (Å²) < 4.78 is 10.9. The topological polar surface area (TPSA) is 59.6 Å². The van der Waals surface area contributed by atoms with Gasteiger partial charge in [-0.2, -0.15) is 0 Å². The van der Waals surface area contributed by atoms with Gasteiger partial charge in [-0.3, -0.25) is 4.79 Å². The van der Waals surface area contributed by atoms with Gasteiger partial charge < -0.3 is 20.1 Å². The first-order valence-corrected chi connectivity index (χ1v) is 8.79. The van der Waals surface area contributed by atoms with Crippen LogP contribution < -0.4 is 15.4 Å². The third-order valence-corrected chi connectivity index (χ3v) is 6.34. The normalized spacial score (nSPS) is 34.3. The third-order valence-electron chi connectivity index (χ3n) is 6.14. The Hall–Kier alpha value is -1.66. The molecule has 0 aromatic heterocycles. The summed E-state index contributed by atoms with van der Waals surface area (Å²) in [7, 11) is 3.41. The number of methoxy groups -OCH3 is 2. The molecule has 2 aliphatic carbocycles.